The molecule has 1 aromatic heterocycles. The number of hydrogen-bond donors (Lipinski definition) is 0. The molecule has 2 atom stereocenters. The first-order valence-corrected chi connectivity index (χ1v) is 11.4. The van der Waals surface area contributed by atoms with Gasteiger partial charge in [-0.3, -0.25) is 4.57 Å². The SMILES string of the molecule is CCn1c(COC2CCCCO2)nn(-c2cc(O[C@@H](C)C(F)(F)F)c(/C(F)=C/Br)cc2F)c1=O. The van der Waals surface area contributed by atoms with Gasteiger partial charge in [-0.15, -0.1) is 5.10 Å². The van der Waals surface area contributed by atoms with Crippen molar-refractivity contribution >= 4 is 21.8 Å². The van der Waals surface area contributed by atoms with Gasteiger partial charge in [-0.05, 0) is 39.2 Å². The van der Waals surface area contributed by atoms with Crippen molar-refractivity contribution in [3.63, 3.8) is 0 Å². The van der Waals surface area contributed by atoms with Gasteiger partial charge >= 0.3 is 11.9 Å². The van der Waals surface area contributed by atoms with E-state index in [1.165, 1.54) is 4.57 Å². The van der Waals surface area contributed by atoms with Gasteiger partial charge in [0.2, 0.25) is 0 Å². The summed E-state index contributed by atoms with van der Waals surface area (Å²) in [6.07, 6.45) is -5.01. The van der Waals surface area contributed by atoms with Gasteiger partial charge in [0.05, 0.1) is 5.56 Å². The molecule has 2 heterocycles. The molecule has 1 aromatic carbocycles. The molecular formula is C21H23BrF5N3O4. The average Bonchev–Trinajstić information content (AvgIpc) is 3.12. The first-order chi connectivity index (χ1) is 16.1. The third-order valence-electron chi connectivity index (χ3n) is 5.19. The predicted molar refractivity (Wildman–Crippen MR) is 116 cm³/mol. The smallest absolute Gasteiger partial charge is 0.425 e. The van der Waals surface area contributed by atoms with Crippen molar-refractivity contribution in [2.75, 3.05) is 6.61 Å². The Kier molecular flexibility index (Phi) is 8.52. The van der Waals surface area contributed by atoms with Crippen LogP contribution < -0.4 is 10.4 Å². The molecule has 0 spiro atoms. The molecule has 1 aliphatic rings. The van der Waals surface area contributed by atoms with Crippen molar-refractivity contribution in [3.8, 4) is 11.4 Å². The van der Waals surface area contributed by atoms with E-state index >= 15 is 0 Å². The Hall–Kier alpha value is -2.25. The highest BCUT2D eigenvalue weighted by Gasteiger charge is 2.38. The van der Waals surface area contributed by atoms with Crippen molar-refractivity contribution in [1.29, 1.82) is 0 Å². The van der Waals surface area contributed by atoms with E-state index in [4.69, 9.17) is 14.2 Å². The molecule has 2 aromatic rings. The molecule has 3 rings (SSSR count). The lowest BCUT2D eigenvalue weighted by Gasteiger charge is -2.22. The molecule has 0 saturated carbocycles. The monoisotopic (exact) mass is 555 g/mol. The summed E-state index contributed by atoms with van der Waals surface area (Å²) in [4.78, 5) is 13.7. The largest absolute Gasteiger partial charge is 0.480 e. The van der Waals surface area contributed by atoms with Crippen LogP contribution in [0.4, 0.5) is 22.0 Å². The predicted octanol–water partition coefficient (Wildman–Crippen LogP) is 5.23. The van der Waals surface area contributed by atoms with E-state index < -0.39 is 52.9 Å². The van der Waals surface area contributed by atoms with Gasteiger partial charge in [-0.1, -0.05) is 15.9 Å². The highest BCUT2D eigenvalue weighted by Crippen LogP contribution is 2.35. The Labute approximate surface area is 200 Å². The topological polar surface area (TPSA) is 67.5 Å². The third-order valence-corrected chi connectivity index (χ3v) is 5.59. The molecule has 7 nitrogen and oxygen atoms in total. The van der Waals surface area contributed by atoms with Crippen LogP contribution in [0.3, 0.4) is 0 Å². The number of rotatable bonds is 8. The van der Waals surface area contributed by atoms with Gasteiger partial charge in [0.1, 0.15) is 29.7 Å². The second-order valence-electron chi connectivity index (χ2n) is 7.52. The zero-order chi connectivity index (χ0) is 25.0. The van der Waals surface area contributed by atoms with Crippen LogP contribution in [-0.4, -0.2) is 39.5 Å². The Bertz CT molecular complexity index is 1090. The quantitative estimate of drug-likeness (QED) is 0.417. The summed E-state index contributed by atoms with van der Waals surface area (Å²) in [5.41, 5.74) is -1.80. The Morgan fingerprint density at radius 3 is 2.71 bits per heavy atom. The van der Waals surface area contributed by atoms with Crippen LogP contribution in [0.1, 0.15) is 44.5 Å². The van der Waals surface area contributed by atoms with Crippen LogP contribution >= 0.6 is 15.9 Å². The summed E-state index contributed by atoms with van der Waals surface area (Å²) >= 11 is 2.73. The maximum atomic E-state index is 14.9. The molecule has 1 fully saturated rings. The van der Waals surface area contributed by atoms with E-state index in [0.29, 0.717) is 23.8 Å². The number of nitrogens with zero attached hydrogens (tertiary/aromatic N) is 3. The van der Waals surface area contributed by atoms with E-state index in [9.17, 15) is 26.7 Å². The van der Waals surface area contributed by atoms with Gasteiger partial charge in [0, 0.05) is 24.2 Å². The summed E-state index contributed by atoms with van der Waals surface area (Å²) in [6, 6.07) is 1.45. The van der Waals surface area contributed by atoms with Crippen molar-refractivity contribution in [1.82, 2.24) is 14.3 Å². The molecule has 1 aliphatic heterocycles. The summed E-state index contributed by atoms with van der Waals surface area (Å²) in [7, 11) is 0. The van der Waals surface area contributed by atoms with E-state index in [0.717, 1.165) is 30.8 Å². The average molecular weight is 556 g/mol. The minimum atomic E-state index is -4.76. The van der Waals surface area contributed by atoms with Gasteiger partial charge in [0.25, 0.3) is 0 Å². The van der Waals surface area contributed by atoms with Crippen LogP contribution in [-0.2, 0) is 22.6 Å². The van der Waals surface area contributed by atoms with Crippen LogP contribution in [0.2, 0.25) is 0 Å². The van der Waals surface area contributed by atoms with Gasteiger partial charge in [-0.2, -0.15) is 17.9 Å². The van der Waals surface area contributed by atoms with Crippen molar-refractivity contribution < 1.29 is 36.2 Å². The minimum Gasteiger partial charge on any atom is -0.480 e. The fraction of sp³-hybridized carbons (Fsp3) is 0.524. The summed E-state index contributed by atoms with van der Waals surface area (Å²) in [5, 5.41) is 4.11. The molecular weight excluding hydrogens is 533 g/mol. The number of alkyl halides is 3. The van der Waals surface area contributed by atoms with Crippen LogP contribution in [0.15, 0.2) is 21.9 Å². The van der Waals surface area contributed by atoms with Crippen molar-refractivity contribution in [3.05, 3.63) is 44.8 Å². The normalized spacial score (nSPS) is 18.2. The highest BCUT2D eigenvalue weighted by atomic mass is 79.9. The molecule has 0 radical (unpaired) electrons. The second-order valence-corrected chi connectivity index (χ2v) is 7.98. The Balaban J connectivity index is 2.01. The Morgan fingerprint density at radius 2 is 2.12 bits per heavy atom. The van der Waals surface area contributed by atoms with Crippen molar-refractivity contribution in [2.45, 2.75) is 64.8 Å². The first kappa shape index (κ1) is 26.4. The zero-order valence-corrected chi connectivity index (χ0v) is 20.0. The van der Waals surface area contributed by atoms with E-state index in [1.807, 2.05) is 0 Å². The van der Waals surface area contributed by atoms with Crippen molar-refractivity contribution in [2.24, 2.45) is 0 Å². The molecule has 0 aliphatic carbocycles. The number of aromatic nitrogens is 3. The molecule has 34 heavy (non-hydrogen) atoms. The lowest BCUT2D eigenvalue weighted by molar-refractivity contribution is -0.189. The molecule has 0 N–H and O–H groups in total. The molecule has 0 bridgehead atoms. The van der Waals surface area contributed by atoms with Gasteiger partial charge in [-0.25, -0.2) is 13.6 Å². The number of halogens is 6. The number of hydrogen-bond acceptors (Lipinski definition) is 5. The zero-order valence-electron chi connectivity index (χ0n) is 18.4. The lowest BCUT2D eigenvalue weighted by Crippen LogP contribution is -2.31. The maximum Gasteiger partial charge on any atom is 0.425 e. The van der Waals surface area contributed by atoms with E-state index in [1.54, 1.807) is 6.92 Å². The number of benzene rings is 1. The van der Waals surface area contributed by atoms with Crippen LogP contribution in [0, 0.1) is 5.82 Å². The molecule has 1 unspecified atom stereocenters. The Morgan fingerprint density at radius 1 is 1.38 bits per heavy atom. The van der Waals surface area contributed by atoms with E-state index in [-0.39, 0.29) is 19.0 Å². The lowest BCUT2D eigenvalue weighted by atomic mass is 10.1. The van der Waals surface area contributed by atoms with Gasteiger partial charge in [0.15, 0.2) is 18.2 Å². The van der Waals surface area contributed by atoms with E-state index in [2.05, 4.69) is 21.0 Å². The van der Waals surface area contributed by atoms with Crippen LogP contribution in [0.5, 0.6) is 5.75 Å². The van der Waals surface area contributed by atoms with Gasteiger partial charge < -0.3 is 14.2 Å². The standard InChI is InChI=1S/C21H23BrF5N3O4/c1-3-29-18(11-33-19-6-4-5-7-32-19)28-30(20(29)31)16-9-17(34-12(2)21(25,26)27)13(8-14(16)23)15(24)10-22/h8-10,12,19H,3-7,11H2,1-2H3/b15-10-/t12-,19?/m0/s1. The fourth-order valence-electron chi connectivity index (χ4n) is 3.33. The molecule has 1 saturated heterocycles. The first-order valence-electron chi connectivity index (χ1n) is 10.5. The number of ether oxygens (including phenoxy) is 3. The molecule has 188 valence electrons. The maximum absolute atomic E-state index is 14.9. The highest BCUT2D eigenvalue weighted by molar-refractivity contribution is 9.11. The summed E-state index contributed by atoms with van der Waals surface area (Å²) < 4.78 is 86.3. The fourth-order valence-corrected chi connectivity index (χ4v) is 3.58. The molecule has 0 amide bonds. The minimum absolute atomic E-state index is 0.101. The third kappa shape index (κ3) is 5.87. The van der Waals surface area contributed by atoms with Crippen LogP contribution in [0.25, 0.3) is 11.5 Å². The molecule has 13 heteroatoms. The second kappa shape index (κ2) is 11.0. The summed E-state index contributed by atoms with van der Waals surface area (Å²) in [5.74, 6) is -2.59. The summed E-state index contributed by atoms with van der Waals surface area (Å²) in [6.45, 7) is 3.02.